The van der Waals surface area contributed by atoms with E-state index >= 15 is 0 Å². The molecule has 1 heterocycles. The molecule has 0 spiro atoms. The van der Waals surface area contributed by atoms with Gasteiger partial charge in [-0.1, -0.05) is 0 Å². The molecule has 2 heteroatoms. The molecule has 0 aromatic carbocycles. The maximum atomic E-state index is 5.03. The van der Waals surface area contributed by atoms with Crippen LogP contribution in [0.4, 0.5) is 0 Å². The summed E-state index contributed by atoms with van der Waals surface area (Å²) in [6, 6.07) is 0.486. The third-order valence-electron chi connectivity index (χ3n) is 1.32. The first-order valence-electron chi connectivity index (χ1n) is 2.54. The van der Waals surface area contributed by atoms with Crippen molar-refractivity contribution in [3.8, 4) is 0 Å². The Balaban J connectivity index is 2.33. The maximum absolute atomic E-state index is 5.03. The van der Waals surface area contributed by atoms with Gasteiger partial charge in [0.2, 0.25) is 0 Å². The van der Waals surface area contributed by atoms with Crippen LogP contribution in [0.5, 0.6) is 0 Å². The van der Waals surface area contributed by atoms with E-state index in [0.29, 0.717) is 12.1 Å². The van der Waals surface area contributed by atoms with Crippen LogP contribution in [0.25, 0.3) is 0 Å². The molecule has 1 saturated heterocycles. The van der Waals surface area contributed by atoms with Crippen LogP contribution in [-0.4, -0.2) is 12.1 Å². The molecular weight excluding hydrogens is 90.1 g/mol. The van der Waals surface area contributed by atoms with Crippen molar-refractivity contribution in [2.24, 2.45) is 0 Å². The van der Waals surface area contributed by atoms with Crippen LogP contribution >= 0.6 is 0 Å². The second-order valence-electron chi connectivity index (χ2n) is 1.91. The van der Waals surface area contributed by atoms with Gasteiger partial charge in [-0.05, 0) is 13.8 Å². The van der Waals surface area contributed by atoms with Gasteiger partial charge in [-0.25, -0.2) is 0 Å². The number of rotatable bonds is 0. The molecule has 1 aliphatic heterocycles. The van der Waals surface area contributed by atoms with Gasteiger partial charge in [0.25, 0.3) is 0 Å². The van der Waals surface area contributed by atoms with E-state index in [1.54, 1.807) is 6.73 Å². The Kier molecular flexibility index (Phi) is 1.30. The lowest BCUT2D eigenvalue weighted by atomic mass is 10.2. The van der Waals surface area contributed by atoms with Crippen molar-refractivity contribution in [3.63, 3.8) is 0 Å². The molecule has 0 aromatic heterocycles. The Bertz CT molecular complexity index is 57.1. The molecule has 1 aliphatic rings. The van der Waals surface area contributed by atoms with E-state index in [9.17, 15) is 0 Å². The minimum atomic E-state index is 0.347. The summed E-state index contributed by atoms with van der Waals surface area (Å²) in [7, 11) is 0. The summed E-state index contributed by atoms with van der Waals surface area (Å²) >= 11 is 0. The topological polar surface area (TPSA) is 21.3 Å². The Morgan fingerprint density at radius 1 is 1.57 bits per heavy atom. The second kappa shape index (κ2) is 1.80. The summed E-state index contributed by atoms with van der Waals surface area (Å²) in [4.78, 5) is 0. The fraction of sp³-hybridized carbons (Fsp3) is 0.800. The molecule has 41 valence electrons. The van der Waals surface area contributed by atoms with Crippen LogP contribution < -0.4 is 5.32 Å². The van der Waals surface area contributed by atoms with Crippen molar-refractivity contribution in [3.05, 3.63) is 6.73 Å². The zero-order valence-corrected chi connectivity index (χ0v) is 4.64. The van der Waals surface area contributed by atoms with Crippen LogP contribution in [0.15, 0.2) is 0 Å². The number of ether oxygens (including phenoxy) is 1. The van der Waals surface area contributed by atoms with Crippen LogP contribution in [0.3, 0.4) is 0 Å². The first-order valence-corrected chi connectivity index (χ1v) is 2.54. The minimum absolute atomic E-state index is 0.347. The van der Waals surface area contributed by atoms with E-state index in [-0.39, 0.29) is 0 Å². The molecule has 0 aromatic rings. The van der Waals surface area contributed by atoms with E-state index in [1.165, 1.54) is 0 Å². The quantitative estimate of drug-likeness (QED) is 0.478. The number of hydrogen-bond acceptors (Lipinski definition) is 2. The number of hydrogen-bond donors (Lipinski definition) is 1. The molecule has 0 bridgehead atoms. The fourth-order valence-corrected chi connectivity index (χ4v) is 0.507. The van der Waals surface area contributed by atoms with E-state index in [0.717, 1.165) is 0 Å². The highest BCUT2D eigenvalue weighted by Gasteiger charge is 2.17. The van der Waals surface area contributed by atoms with Gasteiger partial charge in [-0.2, -0.15) is 0 Å². The van der Waals surface area contributed by atoms with Gasteiger partial charge in [-0.15, -0.1) is 0 Å². The van der Waals surface area contributed by atoms with Crippen molar-refractivity contribution in [2.45, 2.75) is 26.0 Å². The van der Waals surface area contributed by atoms with Crippen molar-refractivity contribution in [1.29, 1.82) is 0 Å². The Labute approximate surface area is 43.9 Å². The SMILES string of the molecule is CC1N[CH]OC1C. The van der Waals surface area contributed by atoms with Crippen LogP contribution in [0.2, 0.25) is 0 Å². The van der Waals surface area contributed by atoms with Gasteiger partial charge >= 0.3 is 0 Å². The fourth-order valence-electron chi connectivity index (χ4n) is 0.507. The van der Waals surface area contributed by atoms with Crippen LogP contribution in [0, 0.1) is 6.73 Å². The van der Waals surface area contributed by atoms with Gasteiger partial charge in [0.1, 0.15) is 6.73 Å². The molecule has 0 amide bonds. The predicted octanol–water partition coefficient (Wildman–Crippen LogP) is 0.502. The standard InChI is InChI=1S/C5H10NO/c1-4-5(2)7-3-6-4/h3-6H,1-2H3. The summed E-state index contributed by atoms with van der Waals surface area (Å²) in [6.07, 6.45) is 0.347. The molecule has 2 atom stereocenters. The summed E-state index contributed by atoms with van der Waals surface area (Å²) < 4.78 is 5.03. The lowest BCUT2D eigenvalue weighted by Crippen LogP contribution is -2.23. The molecule has 1 rings (SSSR count). The van der Waals surface area contributed by atoms with Gasteiger partial charge in [-0.3, -0.25) is 5.32 Å². The summed E-state index contributed by atoms with van der Waals surface area (Å²) in [5, 5.41) is 3.02. The zero-order valence-electron chi connectivity index (χ0n) is 4.64. The molecule has 1 radical (unpaired) electrons. The van der Waals surface area contributed by atoms with E-state index in [1.807, 2.05) is 6.92 Å². The van der Waals surface area contributed by atoms with E-state index in [2.05, 4.69) is 12.2 Å². The molecular formula is C5H10NO. The highest BCUT2D eigenvalue weighted by molar-refractivity contribution is 4.76. The highest BCUT2D eigenvalue weighted by Crippen LogP contribution is 2.05. The third kappa shape index (κ3) is 0.924. The molecule has 2 unspecified atom stereocenters. The molecule has 2 nitrogen and oxygen atoms in total. The molecule has 0 saturated carbocycles. The first kappa shape index (κ1) is 5.06. The highest BCUT2D eigenvalue weighted by atomic mass is 16.5. The van der Waals surface area contributed by atoms with Gasteiger partial charge < -0.3 is 4.74 Å². The minimum Gasteiger partial charge on any atom is -0.355 e. The second-order valence-corrected chi connectivity index (χ2v) is 1.91. The van der Waals surface area contributed by atoms with Gasteiger partial charge in [0.15, 0.2) is 0 Å². The lowest BCUT2D eigenvalue weighted by molar-refractivity contribution is 0.162. The molecule has 1 N–H and O–H groups in total. The van der Waals surface area contributed by atoms with E-state index < -0.39 is 0 Å². The predicted molar refractivity (Wildman–Crippen MR) is 27.4 cm³/mol. The normalized spacial score (nSPS) is 42.0. The average molecular weight is 100 g/mol. The van der Waals surface area contributed by atoms with Gasteiger partial charge in [0.05, 0.1) is 6.10 Å². The summed E-state index contributed by atoms with van der Waals surface area (Å²) in [5.74, 6) is 0. The van der Waals surface area contributed by atoms with Crippen LogP contribution in [-0.2, 0) is 4.74 Å². The van der Waals surface area contributed by atoms with E-state index in [4.69, 9.17) is 4.74 Å². The summed E-state index contributed by atoms with van der Waals surface area (Å²) in [5.41, 5.74) is 0. The Morgan fingerprint density at radius 3 is 2.43 bits per heavy atom. The van der Waals surface area contributed by atoms with Crippen molar-refractivity contribution >= 4 is 0 Å². The smallest absolute Gasteiger partial charge is 0.148 e. The van der Waals surface area contributed by atoms with Crippen molar-refractivity contribution < 1.29 is 4.74 Å². The van der Waals surface area contributed by atoms with Crippen molar-refractivity contribution in [1.82, 2.24) is 5.32 Å². The van der Waals surface area contributed by atoms with Crippen LogP contribution in [0.1, 0.15) is 13.8 Å². The van der Waals surface area contributed by atoms with Crippen molar-refractivity contribution in [2.75, 3.05) is 0 Å². The summed E-state index contributed by atoms with van der Waals surface area (Å²) in [6.45, 7) is 5.78. The molecule has 7 heavy (non-hydrogen) atoms. The maximum Gasteiger partial charge on any atom is 0.148 e. The first-order chi connectivity index (χ1) is 3.30. The Morgan fingerprint density at radius 2 is 2.29 bits per heavy atom. The largest absolute Gasteiger partial charge is 0.355 e. The monoisotopic (exact) mass is 100 g/mol. The average Bonchev–Trinajstić information content (AvgIpc) is 1.91. The number of nitrogens with one attached hydrogen (secondary N) is 1. The zero-order chi connectivity index (χ0) is 5.28. The molecule has 0 aliphatic carbocycles. The molecule has 1 fully saturated rings. The Hall–Kier alpha value is -0.0800. The third-order valence-corrected chi connectivity index (χ3v) is 1.32. The lowest BCUT2D eigenvalue weighted by Gasteiger charge is -2.03. The van der Waals surface area contributed by atoms with Gasteiger partial charge in [0, 0.05) is 6.04 Å².